The first-order valence-corrected chi connectivity index (χ1v) is 7.31. The van der Waals surface area contributed by atoms with E-state index in [4.69, 9.17) is 5.73 Å². The molecule has 6 nitrogen and oxygen atoms in total. The van der Waals surface area contributed by atoms with Crippen molar-refractivity contribution in [1.29, 1.82) is 0 Å². The zero-order valence-corrected chi connectivity index (χ0v) is 11.1. The van der Waals surface area contributed by atoms with Crippen LogP contribution in [-0.2, 0) is 19.6 Å². The summed E-state index contributed by atoms with van der Waals surface area (Å²) < 4.78 is 29.5. The number of esters is 1. The molecule has 0 amide bonds. The van der Waals surface area contributed by atoms with Crippen LogP contribution in [0, 0.1) is 5.92 Å². The van der Waals surface area contributed by atoms with Crippen molar-refractivity contribution < 1.29 is 17.9 Å². The molecule has 2 atom stereocenters. The Morgan fingerprint density at radius 2 is 2.18 bits per heavy atom. The molecule has 0 spiro atoms. The molecule has 1 fully saturated rings. The van der Waals surface area contributed by atoms with Crippen LogP contribution in [0.1, 0.15) is 19.8 Å². The van der Waals surface area contributed by atoms with Gasteiger partial charge in [0.15, 0.2) is 5.75 Å². The normalized spacial score (nSPS) is 26.8. The maximum absolute atomic E-state index is 11.9. The van der Waals surface area contributed by atoms with Gasteiger partial charge in [-0.05, 0) is 12.3 Å². The first kappa shape index (κ1) is 14.4. The summed E-state index contributed by atoms with van der Waals surface area (Å²) in [7, 11) is -2.38. The molecular formula is C10H20N2O4S. The molecule has 1 heterocycles. The Labute approximate surface area is 102 Å². The van der Waals surface area contributed by atoms with Crippen molar-refractivity contribution >= 4 is 16.0 Å². The van der Waals surface area contributed by atoms with E-state index >= 15 is 0 Å². The molecule has 0 aromatic rings. The largest absolute Gasteiger partial charge is 0.468 e. The van der Waals surface area contributed by atoms with Crippen molar-refractivity contribution in [3.8, 4) is 0 Å². The van der Waals surface area contributed by atoms with Crippen molar-refractivity contribution in [1.82, 2.24) is 4.31 Å². The van der Waals surface area contributed by atoms with E-state index in [2.05, 4.69) is 4.74 Å². The number of methoxy groups -OCH3 is 1. The molecule has 1 aliphatic heterocycles. The zero-order chi connectivity index (χ0) is 13.1. The molecule has 0 aliphatic carbocycles. The van der Waals surface area contributed by atoms with E-state index in [9.17, 15) is 13.2 Å². The molecule has 2 N–H and O–H groups in total. The average Bonchev–Trinajstić information content (AvgIpc) is 2.28. The summed E-state index contributed by atoms with van der Waals surface area (Å²) in [6, 6.07) is 0.0459. The highest BCUT2D eigenvalue weighted by atomic mass is 32.2. The molecule has 0 aromatic carbocycles. The number of hydrogen-bond donors (Lipinski definition) is 1. The first-order chi connectivity index (χ1) is 7.90. The highest BCUT2D eigenvalue weighted by Gasteiger charge is 2.33. The second kappa shape index (κ2) is 5.79. The van der Waals surface area contributed by atoms with Gasteiger partial charge >= 0.3 is 5.97 Å². The topological polar surface area (TPSA) is 89.7 Å². The smallest absolute Gasteiger partial charge is 0.322 e. The van der Waals surface area contributed by atoms with Crippen molar-refractivity contribution in [3.63, 3.8) is 0 Å². The minimum absolute atomic E-state index is 0.0459. The van der Waals surface area contributed by atoms with E-state index in [-0.39, 0.29) is 12.0 Å². The van der Waals surface area contributed by atoms with E-state index in [1.165, 1.54) is 11.4 Å². The number of nitrogens with zero attached hydrogens (tertiary/aromatic N) is 1. The third-order valence-corrected chi connectivity index (χ3v) is 4.92. The standard InChI is InChI=1S/C10H20N2O4S/c1-3-8-6-12(5-4-9(8)11)17(14,15)7-10(13)16-2/h8-9H,3-7,11H2,1-2H3. The van der Waals surface area contributed by atoms with Crippen molar-refractivity contribution in [3.05, 3.63) is 0 Å². The van der Waals surface area contributed by atoms with E-state index in [0.717, 1.165) is 6.42 Å². The van der Waals surface area contributed by atoms with Gasteiger partial charge in [0, 0.05) is 19.1 Å². The minimum atomic E-state index is -3.56. The van der Waals surface area contributed by atoms with Gasteiger partial charge < -0.3 is 10.5 Å². The summed E-state index contributed by atoms with van der Waals surface area (Å²) in [6.07, 6.45) is 1.48. The molecule has 1 rings (SSSR count). The van der Waals surface area contributed by atoms with Gasteiger partial charge in [0.1, 0.15) is 0 Å². The molecule has 17 heavy (non-hydrogen) atoms. The number of carbonyl (C=O) groups excluding carboxylic acids is 1. The van der Waals surface area contributed by atoms with Gasteiger partial charge in [-0.3, -0.25) is 4.79 Å². The molecular weight excluding hydrogens is 244 g/mol. The molecule has 100 valence electrons. The summed E-state index contributed by atoms with van der Waals surface area (Å²) in [6.45, 7) is 2.77. The highest BCUT2D eigenvalue weighted by molar-refractivity contribution is 7.89. The van der Waals surface area contributed by atoms with E-state index in [0.29, 0.717) is 19.5 Å². The quantitative estimate of drug-likeness (QED) is 0.694. The second-order valence-corrected chi connectivity index (χ2v) is 6.28. The van der Waals surface area contributed by atoms with Crippen LogP contribution in [0.5, 0.6) is 0 Å². The number of hydrogen-bond acceptors (Lipinski definition) is 5. The van der Waals surface area contributed by atoms with Crippen LogP contribution in [0.2, 0.25) is 0 Å². The minimum Gasteiger partial charge on any atom is -0.468 e. The summed E-state index contributed by atoms with van der Waals surface area (Å²) in [5.74, 6) is -1.15. The maximum atomic E-state index is 11.9. The van der Waals surface area contributed by atoms with Crippen molar-refractivity contribution in [2.24, 2.45) is 11.7 Å². The number of sulfonamides is 1. The van der Waals surface area contributed by atoms with Crippen molar-refractivity contribution in [2.75, 3.05) is 26.0 Å². The molecule has 1 aliphatic rings. The Bertz CT molecular complexity index is 369. The van der Waals surface area contributed by atoms with E-state index in [1.54, 1.807) is 0 Å². The lowest BCUT2D eigenvalue weighted by atomic mass is 9.92. The SMILES string of the molecule is CCC1CN(S(=O)(=O)CC(=O)OC)CCC1N. The van der Waals surface area contributed by atoms with Gasteiger partial charge in [-0.15, -0.1) is 0 Å². The van der Waals surface area contributed by atoms with Crippen LogP contribution in [0.25, 0.3) is 0 Å². The molecule has 0 bridgehead atoms. The molecule has 0 radical (unpaired) electrons. The zero-order valence-electron chi connectivity index (χ0n) is 10.3. The van der Waals surface area contributed by atoms with Gasteiger partial charge in [-0.2, -0.15) is 0 Å². The highest BCUT2D eigenvalue weighted by Crippen LogP contribution is 2.21. The van der Waals surface area contributed by atoms with Gasteiger partial charge in [-0.25, -0.2) is 12.7 Å². The monoisotopic (exact) mass is 264 g/mol. The lowest BCUT2D eigenvalue weighted by Gasteiger charge is -2.35. The molecule has 0 saturated carbocycles. The predicted octanol–water partition coefficient (Wildman–Crippen LogP) is -0.452. The average molecular weight is 264 g/mol. The lowest BCUT2D eigenvalue weighted by Crippen LogP contribution is -2.50. The van der Waals surface area contributed by atoms with Gasteiger partial charge in [0.2, 0.25) is 10.0 Å². The second-order valence-electron chi connectivity index (χ2n) is 4.31. The fraction of sp³-hybridized carbons (Fsp3) is 0.900. The lowest BCUT2D eigenvalue weighted by molar-refractivity contribution is -0.137. The predicted molar refractivity (Wildman–Crippen MR) is 63.7 cm³/mol. The van der Waals surface area contributed by atoms with Crippen LogP contribution in [0.15, 0.2) is 0 Å². The molecule has 7 heteroatoms. The Kier molecular flexibility index (Phi) is 4.91. The summed E-state index contributed by atoms with van der Waals surface area (Å²) in [5, 5.41) is 0. The molecule has 0 aromatic heterocycles. The Morgan fingerprint density at radius 1 is 1.53 bits per heavy atom. The Balaban J connectivity index is 2.70. The molecule has 1 saturated heterocycles. The first-order valence-electron chi connectivity index (χ1n) is 5.71. The number of nitrogens with two attached hydrogens (primary N) is 1. The number of piperidine rings is 1. The number of rotatable bonds is 4. The summed E-state index contributed by atoms with van der Waals surface area (Å²) in [4.78, 5) is 11.0. The van der Waals surface area contributed by atoms with E-state index < -0.39 is 21.7 Å². The van der Waals surface area contributed by atoms with Crippen LogP contribution >= 0.6 is 0 Å². The van der Waals surface area contributed by atoms with Crippen molar-refractivity contribution in [2.45, 2.75) is 25.8 Å². The Morgan fingerprint density at radius 3 is 2.71 bits per heavy atom. The van der Waals surface area contributed by atoms with Crippen LogP contribution in [0.3, 0.4) is 0 Å². The van der Waals surface area contributed by atoms with Gasteiger partial charge in [-0.1, -0.05) is 13.3 Å². The maximum Gasteiger partial charge on any atom is 0.322 e. The summed E-state index contributed by atoms with van der Waals surface area (Å²) >= 11 is 0. The Hall–Kier alpha value is -0.660. The number of carbonyl (C=O) groups is 1. The van der Waals surface area contributed by atoms with E-state index in [1.807, 2.05) is 6.92 Å². The van der Waals surface area contributed by atoms with Gasteiger partial charge in [0.05, 0.1) is 7.11 Å². The van der Waals surface area contributed by atoms with Crippen LogP contribution in [0.4, 0.5) is 0 Å². The van der Waals surface area contributed by atoms with Crippen LogP contribution in [-0.4, -0.2) is 50.7 Å². The fourth-order valence-electron chi connectivity index (χ4n) is 2.00. The summed E-state index contributed by atoms with van der Waals surface area (Å²) in [5.41, 5.74) is 5.91. The fourth-order valence-corrected chi connectivity index (χ4v) is 3.40. The number of ether oxygens (including phenoxy) is 1. The van der Waals surface area contributed by atoms with Crippen LogP contribution < -0.4 is 5.73 Å². The molecule has 2 unspecified atom stereocenters. The third kappa shape index (κ3) is 3.65. The third-order valence-electron chi connectivity index (χ3n) is 3.20. The van der Waals surface area contributed by atoms with Gasteiger partial charge in [0.25, 0.3) is 0 Å².